The first kappa shape index (κ1) is 76.0. The maximum Gasteiger partial charge on any atom is 0.317 e. The third-order valence-corrected chi connectivity index (χ3v) is 14.8. The van der Waals surface area contributed by atoms with Crippen LogP contribution in [0.15, 0.2) is 54.6 Å². The van der Waals surface area contributed by atoms with Gasteiger partial charge in [0.15, 0.2) is 34.5 Å². The van der Waals surface area contributed by atoms with Gasteiger partial charge in [-0.15, -0.1) is 0 Å². The molecule has 1 fully saturated rings. The predicted octanol–water partition coefficient (Wildman–Crippen LogP) is 6.00. The van der Waals surface area contributed by atoms with Crippen LogP contribution in [0.5, 0.6) is 34.5 Å². The number of carboxylic acids is 1. The minimum absolute atomic E-state index is 0.0522. The number of carbonyl (C=O) groups is 7. The maximum absolute atomic E-state index is 13.8. The van der Waals surface area contributed by atoms with E-state index in [0.717, 1.165) is 77.0 Å². The maximum atomic E-state index is 13.8. The van der Waals surface area contributed by atoms with Crippen LogP contribution < -0.4 is 60.3 Å². The molecule has 24 nitrogen and oxygen atoms in total. The van der Waals surface area contributed by atoms with E-state index < -0.39 is 5.97 Å². The summed E-state index contributed by atoms with van der Waals surface area (Å²) in [6, 6.07) is 15.7. The van der Waals surface area contributed by atoms with Crippen molar-refractivity contribution in [2.45, 2.75) is 119 Å². The predicted molar refractivity (Wildman–Crippen MR) is 351 cm³/mol. The average Bonchev–Trinajstić information content (AvgIpc) is 1.32. The molecular formula is C67H106N10O14. The first-order valence-corrected chi connectivity index (χ1v) is 33.2. The fraction of sp³-hybridized carbons (Fsp3) is 0.627. The third-order valence-electron chi connectivity index (χ3n) is 14.8. The molecule has 24 heteroatoms. The lowest BCUT2D eigenvalue weighted by Crippen LogP contribution is -2.51. The highest BCUT2D eigenvalue weighted by atomic mass is 16.5. The van der Waals surface area contributed by atoms with Gasteiger partial charge in [-0.05, 0) is 74.9 Å². The Labute approximate surface area is 539 Å². The average molecular weight is 1280 g/mol. The summed E-state index contributed by atoms with van der Waals surface area (Å²) in [7, 11) is 0. The normalized spacial score (nSPS) is 13.6. The molecule has 0 atom stereocenters. The number of carbonyl (C=O) groups excluding carboxylic acids is 6. The Balaban J connectivity index is 1.45. The van der Waals surface area contributed by atoms with Gasteiger partial charge >= 0.3 is 5.97 Å². The lowest BCUT2D eigenvalue weighted by atomic mass is 10.1. The van der Waals surface area contributed by atoms with Crippen LogP contribution in [0.2, 0.25) is 0 Å². The van der Waals surface area contributed by atoms with Crippen molar-refractivity contribution in [3.63, 3.8) is 0 Å². The van der Waals surface area contributed by atoms with Crippen molar-refractivity contribution in [2.75, 3.05) is 157 Å². The Morgan fingerprint density at radius 3 is 0.813 bits per heavy atom. The third kappa shape index (κ3) is 30.1. The Hall–Kier alpha value is -7.41. The molecule has 1 heterocycles. The molecule has 508 valence electrons. The zero-order chi connectivity index (χ0) is 65.9. The number of carboxylic acid groups (broad SMARTS) is 1. The summed E-state index contributed by atoms with van der Waals surface area (Å²) in [5.74, 6) is -0.460. The molecule has 0 aliphatic carbocycles. The van der Waals surface area contributed by atoms with Crippen LogP contribution in [0, 0.1) is 0 Å². The summed E-state index contributed by atoms with van der Waals surface area (Å²) in [5.41, 5.74) is 0.993. The van der Waals surface area contributed by atoms with E-state index in [2.05, 4.69) is 73.4 Å². The fourth-order valence-electron chi connectivity index (χ4n) is 9.41. The van der Waals surface area contributed by atoms with E-state index in [1.165, 1.54) is 0 Å². The molecule has 3 aromatic rings. The molecule has 1 saturated heterocycles. The summed E-state index contributed by atoms with van der Waals surface area (Å²) in [5, 5.41) is 27.4. The van der Waals surface area contributed by atoms with Gasteiger partial charge in [-0.3, -0.25) is 53.2 Å². The Morgan fingerprint density at radius 1 is 0.341 bits per heavy atom. The molecule has 7 N–H and O–H groups in total. The van der Waals surface area contributed by atoms with Crippen LogP contribution in [0.25, 0.3) is 0 Å². The van der Waals surface area contributed by atoms with Crippen LogP contribution in [0.4, 0.5) is 0 Å². The molecule has 0 radical (unpaired) electrons. The topological polar surface area (TPSA) is 280 Å². The number of para-hydroxylation sites is 3. The Kier molecular flexibility index (Phi) is 38.3. The Morgan fingerprint density at radius 2 is 0.571 bits per heavy atom. The standard InChI is InChI=1S/C67H106N10O14/c1-7-13-42-86-55-25-19-22-52(62(55)89-45-16-10-4)65(83)71-31-28-68-58(78)48-74-34-36-75(49-59(79)69-29-32-72-66(84)53-23-20-26-56(87-43-14-8-2)63(53)90-46-17-11-5)38-40-77(51-61(81)82)41-39-76(37-35-74)50-60(80)70-30-33-73-67(85)54-24-21-27-57(88-44-15-9-3)64(54)91-47-18-12-6/h19-27H,7-18,28-51H2,1-6H3,(H,68,78)(H,69,79)(H,70,80)(H,71,83)(H,72,84)(H,73,85)(H,81,82). The van der Waals surface area contributed by atoms with E-state index in [-0.39, 0.29) is 114 Å². The highest BCUT2D eigenvalue weighted by Gasteiger charge is 2.25. The number of hydrogen-bond donors (Lipinski definition) is 7. The van der Waals surface area contributed by atoms with Crippen molar-refractivity contribution in [3.05, 3.63) is 71.3 Å². The molecule has 91 heavy (non-hydrogen) atoms. The number of unbranched alkanes of at least 4 members (excludes halogenated alkanes) is 6. The highest BCUT2D eigenvalue weighted by molar-refractivity contribution is 5.99. The molecule has 1 aliphatic rings. The molecule has 6 amide bonds. The number of aliphatic carboxylic acids is 1. The van der Waals surface area contributed by atoms with Gasteiger partial charge in [0, 0.05) is 91.6 Å². The van der Waals surface area contributed by atoms with Crippen LogP contribution in [-0.4, -0.2) is 224 Å². The zero-order valence-corrected chi connectivity index (χ0v) is 55.2. The van der Waals surface area contributed by atoms with Crippen LogP contribution in [0.1, 0.15) is 150 Å². The van der Waals surface area contributed by atoms with Crippen molar-refractivity contribution in [1.29, 1.82) is 0 Å². The number of rotatable bonds is 44. The van der Waals surface area contributed by atoms with E-state index >= 15 is 0 Å². The SMILES string of the molecule is CCCCOc1cccc(C(=O)NCCNC(=O)CN2CCN(CC(=O)O)CCN(CC(=O)NCCNC(=O)c3cccc(OCCCC)c3OCCCC)CCN(CC(=O)NCCNC(=O)c3cccc(OCCCC)c3OCCCC)CC2)c1OCCCC. The quantitative estimate of drug-likeness (QED) is 0.0320. The lowest BCUT2D eigenvalue weighted by molar-refractivity contribution is -0.138. The number of nitrogens with one attached hydrogen (secondary N) is 6. The van der Waals surface area contributed by atoms with Gasteiger partial charge in [0.25, 0.3) is 17.7 Å². The zero-order valence-electron chi connectivity index (χ0n) is 55.2. The number of nitrogens with zero attached hydrogens (tertiary/aromatic N) is 4. The largest absolute Gasteiger partial charge is 0.490 e. The van der Waals surface area contributed by atoms with Gasteiger partial charge in [-0.1, -0.05) is 98.3 Å². The first-order chi connectivity index (χ1) is 44.2. The summed E-state index contributed by atoms with van der Waals surface area (Å²) < 4.78 is 36.2. The van der Waals surface area contributed by atoms with Gasteiger partial charge in [-0.25, -0.2) is 0 Å². The molecule has 0 bridgehead atoms. The van der Waals surface area contributed by atoms with E-state index in [9.17, 15) is 38.7 Å². The second kappa shape index (κ2) is 45.8. The summed E-state index contributed by atoms with van der Waals surface area (Å²) in [6.45, 7) is 17.8. The second-order valence-corrected chi connectivity index (χ2v) is 22.4. The molecule has 0 spiro atoms. The Bertz CT molecular complexity index is 2530. The van der Waals surface area contributed by atoms with Crippen molar-refractivity contribution >= 4 is 41.4 Å². The van der Waals surface area contributed by atoms with Crippen molar-refractivity contribution in [1.82, 2.24) is 51.5 Å². The number of amides is 6. The number of benzene rings is 3. The molecule has 1 aliphatic heterocycles. The minimum Gasteiger partial charge on any atom is -0.490 e. The van der Waals surface area contributed by atoms with E-state index in [1.54, 1.807) is 59.5 Å². The molecule has 0 saturated carbocycles. The minimum atomic E-state index is -1.03. The van der Waals surface area contributed by atoms with Crippen LogP contribution in [0.3, 0.4) is 0 Å². The van der Waals surface area contributed by atoms with Crippen molar-refractivity contribution in [2.24, 2.45) is 0 Å². The molecule has 3 aromatic carbocycles. The van der Waals surface area contributed by atoms with Crippen LogP contribution in [-0.2, 0) is 19.2 Å². The first-order valence-electron chi connectivity index (χ1n) is 33.2. The number of hydrogen-bond acceptors (Lipinski definition) is 17. The van der Waals surface area contributed by atoms with Gasteiger partial charge in [-0.2, -0.15) is 0 Å². The molecular weight excluding hydrogens is 1170 g/mol. The van der Waals surface area contributed by atoms with E-state index in [0.29, 0.717) is 130 Å². The van der Waals surface area contributed by atoms with Gasteiger partial charge in [0.05, 0.1) is 82.5 Å². The van der Waals surface area contributed by atoms with Crippen molar-refractivity contribution in [3.8, 4) is 34.5 Å². The van der Waals surface area contributed by atoms with Crippen LogP contribution >= 0.6 is 0 Å². The summed E-state index contributed by atoms with van der Waals surface area (Å²) >= 11 is 0. The lowest BCUT2D eigenvalue weighted by Gasteiger charge is -2.33. The molecule has 0 unspecified atom stereocenters. The molecule has 4 rings (SSSR count). The van der Waals surface area contributed by atoms with Gasteiger partial charge < -0.3 is 65.4 Å². The fourth-order valence-corrected chi connectivity index (χ4v) is 9.41. The summed E-state index contributed by atoms with van der Waals surface area (Å²) in [6.07, 6.45) is 10.6. The van der Waals surface area contributed by atoms with E-state index in [1.807, 2.05) is 14.7 Å². The van der Waals surface area contributed by atoms with E-state index in [4.69, 9.17) is 28.4 Å². The number of ether oxygens (including phenoxy) is 6. The van der Waals surface area contributed by atoms with Gasteiger partial charge in [0.2, 0.25) is 17.7 Å². The monoisotopic (exact) mass is 1270 g/mol. The van der Waals surface area contributed by atoms with Gasteiger partial charge in [0.1, 0.15) is 0 Å². The molecule has 0 aromatic heterocycles. The highest BCUT2D eigenvalue weighted by Crippen LogP contribution is 2.34. The second-order valence-electron chi connectivity index (χ2n) is 22.4. The smallest absolute Gasteiger partial charge is 0.317 e. The van der Waals surface area contributed by atoms with Crippen molar-refractivity contribution < 1.29 is 67.1 Å². The summed E-state index contributed by atoms with van der Waals surface area (Å²) in [4.78, 5) is 102.